The molecule has 3 rings (SSSR count). The first kappa shape index (κ1) is 11.4. The number of hydrogen-bond acceptors (Lipinski definition) is 5. The lowest BCUT2D eigenvalue weighted by atomic mass is 10.3. The molecule has 1 fully saturated rings. The summed E-state index contributed by atoms with van der Waals surface area (Å²) in [5.41, 5.74) is 7.18. The number of rotatable bonds is 4. The zero-order valence-corrected chi connectivity index (χ0v) is 10.2. The summed E-state index contributed by atoms with van der Waals surface area (Å²) in [5, 5.41) is 0. The quantitative estimate of drug-likeness (QED) is 0.882. The molecule has 0 aliphatic heterocycles. The summed E-state index contributed by atoms with van der Waals surface area (Å²) in [7, 11) is 0. The molecule has 1 aliphatic carbocycles. The van der Waals surface area contributed by atoms with Crippen molar-refractivity contribution in [3.05, 3.63) is 12.7 Å². The van der Waals surface area contributed by atoms with E-state index in [2.05, 4.69) is 15.0 Å². The molecule has 0 atom stereocenters. The fourth-order valence-corrected chi connectivity index (χ4v) is 2.44. The summed E-state index contributed by atoms with van der Waals surface area (Å²) in [6, 6.07) is 0. The monoisotopic (exact) mass is 247 g/mol. The van der Waals surface area contributed by atoms with Gasteiger partial charge in [-0.3, -0.25) is 0 Å². The molecule has 1 saturated carbocycles. The third-order valence-electron chi connectivity index (χ3n) is 3.42. The Bertz CT molecular complexity index is 532. The lowest BCUT2D eigenvalue weighted by molar-refractivity contribution is 0.0534. The van der Waals surface area contributed by atoms with Crippen LogP contribution in [0, 0.1) is 0 Å². The van der Waals surface area contributed by atoms with Gasteiger partial charge in [-0.05, 0) is 12.8 Å². The Balaban J connectivity index is 1.65. The van der Waals surface area contributed by atoms with E-state index in [1.165, 1.54) is 32.0 Å². The fraction of sp³-hybridized carbons (Fsp3) is 0.583. The molecule has 0 amide bonds. The van der Waals surface area contributed by atoms with Crippen molar-refractivity contribution in [1.29, 1.82) is 0 Å². The van der Waals surface area contributed by atoms with Gasteiger partial charge >= 0.3 is 0 Å². The topological polar surface area (TPSA) is 78.9 Å². The van der Waals surface area contributed by atoms with Crippen LogP contribution in [0.2, 0.25) is 0 Å². The minimum Gasteiger partial charge on any atom is -0.382 e. The zero-order valence-electron chi connectivity index (χ0n) is 10.2. The Kier molecular flexibility index (Phi) is 3.10. The summed E-state index contributed by atoms with van der Waals surface area (Å²) in [4.78, 5) is 12.4. The highest BCUT2D eigenvalue weighted by atomic mass is 16.5. The van der Waals surface area contributed by atoms with Gasteiger partial charge in [-0.25, -0.2) is 15.0 Å². The zero-order chi connectivity index (χ0) is 12.4. The van der Waals surface area contributed by atoms with E-state index in [1.807, 2.05) is 4.57 Å². The van der Waals surface area contributed by atoms with Crippen molar-refractivity contribution in [3.63, 3.8) is 0 Å². The van der Waals surface area contributed by atoms with Crippen molar-refractivity contribution in [2.24, 2.45) is 0 Å². The number of aromatic nitrogens is 4. The summed E-state index contributed by atoms with van der Waals surface area (Å²) < 4.78 is 7.79. The van der Waals surface area contributed by atoms with Crippen LogP contribution in [0.15, 0.2) is 12.7 Å². The van der Waals surface area contributed by atoms with Crippen LogP contribution in [0.5, 0.6) is 0 Å². The molecule has 0 aromatic carbocycles. The Morgan fingerprint density at radius 2 is 2.11 bits per heavy atom. The first-order chi connectivity index (χ1) is 8.84. The van der Waals surface area contributed by atoms with Gasteiger partial charge in [0.25, 0.3) is 0 Å². The highest BCUT2D eigenvalue weighted by Crippen LogP contribution is 2.21. The SMILES string of the molecule is Nc1ncnc2c1ncn2CCOC1CCCC1. The van der Waals surface area contributed by atoms with Crippen molar-refractivity contribution in [1.82, 2.24) is 19.5 Å². The Hall–Kier alpha value is -1.69. The smallest absolute Gasteiger partial charge is 0.165 e. The molecular formula is C12H17N5O. The molecule has 6 nitrogen and oxygen atoms in total. The maximum atomic E-state index is 5.83. The molecule has 0 unspecified atom stereocenters. The van der Waals surface area contributed by atoms with Gasteiger partial charge in [-0.2, -0.15) is 0 Å². The molecule has 6 heteroatoms. The summed E-state index contributed by atoms with van der Waals surface area (Å²) in [6.45, 7) is 1.45. The molecule has 1 aliphatic rings. The third-order valence-corrected chi connectivity index (χ3v) is 3.42. The average molecular weight is 247 g/mol. The summed E-state index contributed by atoms with van der Waals surface area (Å²) >= 11 is 0. The van der Waals surface area contributed by atoms with E-state index in [1.54, 1.807) is 6.33 Å². The predicted molar refractivity (Wildman–Crippen MR) is 67.9 cm³/mol. The Labute approximate surface area is 105 Å². The third kappa shape index (κ3) is 2.15. The highest BCUT2D eigenvalue weighted by Gasteiger charge is 2.15. The molecule has 96 valence electrons. The van der Waals surface area contributed by atoms with E-state index >= 15 is 0 Å². The van der Waals surface area contributed by atoms with E-state index in [0.29, 0.717) is 24.0 Å². The highest BCUT2D eigenvalue weighted by molar-refractivity contribution is 5.80. The molecule has 0 spiro atoms. The van der Waals surface area contributed by atoms with E-state index in [0.717, 1.165) is 12.2 Å². The molecule has 2 N–H and O–H groups in total. The van der Waals surface area contributed by atoms with Gasteiger partial charge in [0.1, 0.15) is 11.8 Å². The van der Waals surface area contributed by atoms with Crippen LogP contribution in [-0.4, -0.2) is 32.2 Å². The number of nitrogens with zero attached hydrogens (tertiary/aromatic N) is 4. The van der Waals surface area contributed by atoms with Gasteiger partial charge in [0, 0.05) is 6.54 Å². The second-order valence-electron chi connectivity index (χ2n) is 4.65. The number of fused-ring (bicyclic) bond motifs is 1. The number of ether oxygens (including phenoxy) is 1. The fourth-order valence-electron chi connectivity index (χ4n) is 2.44. The van der Waals surface area contributed by atoms with Gasteiger partial charge in [0.2, 0.25) is 0 Å². The Morgan fingerprint density at radius 3 is 2.94 bits per heavy atom. The van der Waals surface area contributed by atoms with Crippen LogP contribution in [0.3, 0.4) is 0 Å². The molecule has 2 aromatic heterocycles. The lowest BCUT2D eigenvalue weighted by Gasteiger charge is -2.11. The van der Waals surface area contributed by atoms with Gasteiger partial charge in [-0.1, -0.05) is 12.8 Å². The summed E-state index contributed by atoms with van der Waals surface area (Å²) in [5.74, 6) is 0.426. The van der Waals surface area contributed by atoms with E-state index in [9.17, 15) is 0 Å². The Morgan fingerprint density at radius 1 is 1.28 bits per heavy atom. The van der Waals surface area contributed by atoms with E-state index in [4.69, 9.17) is 10.5 Å². The molecule has 2 aromatic rings. The second kappa shape index (κ2) is 4.89. The minimum atomic E-state index is 0.426. The van der Waals surface area contributed by atoms with Crippen LogP contribution >= 0.6 is 0 Å². The van der Waals surface area contributed by atoms with Crippen LogP contribution in [0.4, 0.5) is 5.82 Å². The van der Waals surface area contributed by atoms with Gasteiger partial charge in [0.15, 0.2) is 11.5 Å². The first-order valence-corrected chi connectivity index (χ1v) is 6.37. The average Bonchev–Trinajstić information content (AvgIpc) is 3.00. The maximum Gasteiger partial charge on any atom is 0.165 e. The molecule has 2 heterocycles. The van der Waals surface area contributed by atoms with Crippen LogP contribution in [0.1, 0.15) is 25.7 Å². The van der Waals surface area contributed by atoms with Crippen molar-refractivity contribution in [2.45, 2.75) is 38.3 Å². The van der Waals surface area contributed by atoms with E-state index < -0.39 is 0 Å². The second-order valence-corrected chi connectivity index (χ2v) is 4.65. The number of anilines is 1. The maximum absolute atomic E-state index is 5.83. The van der Waals surface area contributed by atoms with Crippen LogP contribution in [-0.2, 0) is 11.3 Å². The molecule has 0 bridgehead atoms. The van der Waals surface area contributed by atoms with Crippen LogP contribution in [0.25, 0.3) is 11.2 Å². The minimum absolute atomic E-state index is 0.426. The number of imidazole rings is 1. The normalized spacial score (nSPS) is 16.7. The molecule has 0 radical (unpaired) electrons. The largest absolute Gasteiger partial charge is 0.382 e. The molecule has 0 saturated heterocycles. The van der Waals surface area contributed by atoms with Gasteiger partial charge in [0.05, 0.1) is 19.0 Å². The van der Waals surface area contributed by atoms with E-state index in [-0.39, 0.29) is 0 Å². The molecule has 18 heavy (non-hydrogen) atoms. The van der Waals surface area contributed by atoms with Crippen molar-refractivity contribution < 1.29 is 4.74 Å². The number of nitrogen functional groups attached to an aromatic ring is 1. The van der Waals surface area contributed by atoms with Crippen molar-refractivity contribution in [3.8, 4) is 0 Å². The number of nitrogens with two attached hydrogens (primary N) is 1. The molecular weight excluding hydrogens is 230 g/mol. The van der Waals surface area contributed by atoms with Crippen molar-refractivity contribution >= 4 is 17.0 Å². The first-order valence-electron chi connectivity index (χ1n) is 6.37. The van der Waals surface area contributed by atoms with Crippen LogP contribution < -0.4 is 5.73 Å². The van der Waals surface area contributed by atoms with Gasteiger partial charge in [-0.15, -0.1) is 0 Å². The number of hydrogen-bond donors (Lipinski definition) is 1. The summed E-state index contributed by atoms with van der Waals surface area (Å²) in [6.07, 6.45) is 8.63. The predicted octanol–water partition coefficient (Wildman–Crippen LogP) is 1.37. The van der Waals surface area contributed by atoms with Crippen molar-refractivity contribution in [2.75, 3.05) is 12.3 Å². The standard InChI is InChI=1S/C12H17N5O/c13-11-10-12(15-7-14-11)17(8-16-10)5-6-18-9-3-1-2-4-9/h7-9H,1-6H2,(H2,13,14,15). The van der Waals surface area contributed by atoms with Gasteiger partial charge < -0.3 is 15.0 Å². The lowest BCUT2D eigenvalue weighted by Crippen LogP contribution is -2.13.